The molecule has 0 aromatic heterocycles. The van der Waals surface area contributed by atoms with Crippen molar-refractivity contribution in [3.05, 3.63) is 0 Å². The maximum absolute atomic E-state index is 11.3. The van der Waals surface area contributed by atoms with Crippen molar-refractivity contribution in [2.75, 3.05) is 19.8 Å². The van der Waals surface area contributed by atoms with E-state index in [1.807, 2.05) is 13.8 Å². The van der Waals surface area contributed by atoms with Crippen molar-refractivity contribution in [3.8, 4) is 0 Å². The van der Waals surface area contributed by atoms with Crippen molar-refractivity contribution in [2.24, 2.45) is 5.92 Å². The second-order valence-corrected chi connectivity index (χ2v) is 13.7. The van der Waals surface area contributed by atoms with Crippen LogP contribution in [0.5, 0.6) is 0 Å². The van der Waals surface area contributed by atoms with Gasteiger partial charge in [-0.25, -0.2) is 0 Å². The van der Waals surface area contributed by atoms with Gasteiger partial charge >= 0.3 is 5.97 Å². The number of carbonyl (C=O) groups is 1. The van der Waals surface area contributed by atoms with E-state index in [0.29, 0.717) is 18.9 Å². The third-order valence-corrected chi connectivity index (χ3v) is 8.46. The highest BCUT2D eigenvalue weighted by Gasteiger charge is 2.07. The molecule has 0 aromatic carbocycles. The van der Waals surface area contributed by atoms with Crippen LogP contribution in [0, 0.1) is 5.92 Å². The lowest BCUT2D eigenvalue weighted by Crippen LogP contribution is -2.15. The highest BCUT2D eigenvalue weighted by Crippen LogP contribution is 2.19. The minimum absolute atomic E-state index is 0.0280. The van der Waals surface area contributed by atoms with Gasteiger partial charge in [0.1, 0.15) is 6.10 Å². The molecule has 1 unspecified atom stereocenters. The lowest BCUT2D eigenvalue weighted by molar-refractivity contribution is -0.147. The molecule has 0 saturated heterocycles. The van der Waals surface area contributed by atoms with E-state index in [1.165, 1.54) is 167 Å². The van der Waals surface area contributed by atoms with Gasteiger partial charge in [0.25, 0.3) is 0 Å². The predicted octanol–water partition coefficient (Wildman–Crippen LogP) is 10.8. The highest BCUT2D eigenvalue weighted by atomic mass is 16.5. The lowest BCUT2D eigenvalue weighted by atomic mass is 9.95. The summed E-state index contributed by atoms with van der Waals surface area (Å²) in [6.45, 7) is 10.3. The van der Waals surface area contributed by atoms with Crippen LogP contribution in [0.2, 0.25) is 0 Å². The normalized spacial score (nSPS) is 11.6. The molecule has 6 heteroatoms. The summed E-state index contributed by atoms with van der Waals surface area (Å²) in [5, 5.41) is 33.5. The Kier molecular flexibility index (Phi) is 47.9. The van der Waals surface area contributed by atoms with Crippen LogP contribution < -0.4 is 0 Å². The smallest absolute Gasteiger partial charge is 0.306 e. The zero-order valence-electron chi connectivity index (χ0n) is 31.8. The Balaban J connectivity index is -0.000000684. The molecule has 280 valence electrons. The van der Waals surface area contributed by atoms with E-state index in [0.717, 1.165) is 6.42 Å². The van der Waals surface area contributed by atoms with Gasteiger partial charge in [0, 0.05) is 13.0 Å². The van der Waals surface area contributed by atoms with Gasteiger partial charge < -0.3 is 25.2 Å². The Morgan fingerprint density at radius 2 is 0.783 bits per heavy atom. The molecule has 0 fully saturated rings. The number of hydrogen-bond acceptors (Lipinski definition) is 6. The monoisotopic (exact) mass is 661 g/mol. The molecule has 0 spiro atoms. The van der Waals surface area contributed by atoms with Crippen LogP contribution in [0.4, 0.5) is 0 Å². The topological polar surface area (TPSA) is 107 Å². The fourth-order valence-corrected chi connectivity index (χ4v) is 5.42. The standard InChI is InChI=1S/C20H42O.C17H34O2.C3H8O3/c1-3-5-7-9-11-12-14-16-18-20(19-21)17-15-13-10-8-6-4-2;1-4-5-6-7-8-9-10-11-12-13-14-15-17(18)19-16(2)3;4-1-3(6)2-5/h20-21H,3-19H2,1-2H3;16H,4-15H2,1-3H3;3-6H,1-2H2. The average Bonchev–Trinajstić information content (AvgIpc) is 3.05. The van der Waals surface area contributed by atoms with Gasteiger partial charge in [0.15, 0.2) is 0 Å². The summed E-state index contributed by atoms with van der Waals surface area (Å²) >= 11 is 0. The molecule has 6 nitrogen and oxygen atoms in total. The highest BCUT2D eigenvalue weighted by molar-refractivity contribution is 5.69. The van der Waals surface area contributed by atoms with E-state index in [2.05, 4.69) is 20.8 Å². The van der Waals surface area contributed by atoms with Crippen LogP contribution in [0.25, 0.3) is 0 Å². The fourth-order valence-electron chi connectivity index (χ4n) is 5.42. The molecular weight excluding hydrogens is 576 g/mol. The summed E-state index contributed by atoms with van der Waals surface area (Å²) in [5.74, 6) is 0.544. The minimum Gasteiger partial charge on any atom is -0.463 e. The number of hydrogen-bond donors (Lipinski definition) is 4. The molecule has 46 heavy (non-hydrogen) atoms. The number of aliphatic hydroxyl groups is 4. The molecular formula is C40H84O6. The van der Waals surface area contributed by atoms with Crippen LogP contribution >= 0.6 is 0 Å². The van der Waals surface area contributed by atoms with Crippen molar-refractivity contribution >= 4 is 5.97 Å². The number of unbranched alkanes of at least 4 members (excludes halogenated alkanes) is 22. The van der Waals surface area contributed by atoms with Crippen LogP contribution in [-0.2, 0) is 9.53 Å². The summed E-state index contributed by atoms with van der Waals surface area (Å²) in [7, 11) is 0. The molecule has 0 aliphatic carbocycles. The molecule has 0 bridgehead atoms. The molecule has 0 aromatic rings. The molecule has 0 aliphatic heterocycles. The number of aliphatic hydroxyl groups excluding tert-OH is 4. The maximum Gasteiger partial charge on any atom is 0.306 e. The van der Waals surface area contributed by atoms with E-state index in [-0.39, 0.29) is 25.3 Å². The van der Waals surface area contributed by atoms with Gasteiger partial charge in [0.05, 0.1) is 19.3 Å². The van der Waals surface area contributed by atoms with Gasteiger partial charge in [-0.3, -0.25) is 4.79 Å². The van der Waals surface area contributed by atoms with Crippen molar-refractivity contribution < 1.29 is 30.0 Å². The number of rotatable bonds is 32. The second kappa shape index (κ2) is 44.3. The molecule has 4 N–H and O–H groups in total. The van der Waals surface area contributed by atoms with Crippen LogP contribution in [0.3, 0.4) is 0 Å². The first kappa shape index (κ1) is 49.7. The van der Waals surface area contributed by atoms with Gasteiger partial charge in [-0.2, -0.15) is 0 Å². The number of carbonyl (C=O) groups excluding carboxylic acids is 1. The van der Waals surface area contributed by atoms with Gasteiger partial charge in [-0.05, 0) is 39.0 Å². The third kappa shape index (κ3) is 47.7. The number of ether oxygens (including phenoxy) is 1. The Labute approximate surface area is 287 Å². The first-order valence-corrected chi connectivity index (χ1v) is 20.0. The fraction of sp³-hybridized carbons (Fsp3) is 0.975. The average molecular weight is 661 g/mol. The van der Waals surface area contributed by atoms with Gasteiger partial charge in [0.2, 0.25) is 0 Å². The molecule has 0 aliphatic rings. The summed E-state index contributed by atoms with van der Waals surface area (Å²) in [6, 6.07) is 0. The van der Waals surface area contributed by atoms with E-state index in [4.69, 9.17) is 20.1 Å². The SMILES string of the molecule is CCCCCCCCCCC(CO)CCCCCCCC.CCCCCCCCCCCCCC(=O)OC(C)C.OCC(O)CO. The first-order valence-electron chi connectivity index (χ1n) is 20.0. The van der Waals surface area contributed by atoms with Crippen molar-refractivity contribution in [1.29, 1.82) is 0 Å². The molecule has 0 amide bonds. The lowest BCUT2D eigenvalue weighted by Gasteiger charge is -2.13. The first-order chi connectivity index (χ1) is 22.3. The van der Waals surface area contributed by atoms with Crippen molar-refractivity contribution in [2.45, 2.75) is 227 Å². The number of esters is 1. The van der Waals surface area contributed by atoms with Gasteiger partial charge in [-0.15, -0.1) is 0 Å². The summed E-state index contributed by atoms with van der Waals surface area (Å²) in [5.41, 5.74) is 0. The second-order valence-electron chi connectivity index (χ2n) is 13.7. The van der Waals surface area contributed by atoms with Gasteiger partial charge in [-0.1, -0.05) is 175 Å². The predicted molar refractivity (Wildman–Crippen MR) is 198 cm³/mol. The molecule has 0 heterocycles. The summed E-state index contributed by atoms with van der Waals surface area (Å²) in [4.78, 5) is 11.3. The van der Waals surface area contributed by atoms with Crippen LogP contribution in [0.1, 0.15) is 214 Å². The minimum atomic E-state index is -0.954. The van der Waals surface area contributed by atoms with E-state index >= 15 is 0 Å². The Hall–Kier alpha value is -0.690. The van der Waals surface area contributed by atoms with E-state index < -0.39 is 6.10 Å². The van der Waals surface area contributed by atoms with Crippen molar-refractivity contribution in [3.63, 3.8) is 0 Å². The summed E-state index contributed by atoms with van der Waals surface area (Å²) in [6.07, 6.45) is 36.0. The molecule has 1 atom stereocenters. The largest absolute Gasteiger partial charge is 0.463 e. The Bertz CT molecular complexity index is 538. The van der Waals surface area contributed by atoms with Crippen LogP contribution in [0.15, 0.2) is 0 Å². The third-order valence-electron chi connectivity index (χ3n) is 8.46. The molecule has 0 saturated carbocycles. The Morgan fingerprint density at radius 1 is 0.478 bits per heavy atom. The molecule has 0 radical (unpaired) electrons. The van der Waals surface area contributed by atoms with E-state index in [9.17, 15) is 9.90 Å². The van der Waals surface area contributed by atoms with E-state index in [1.54, 1.807) is 0 Å². The zero-order valence-corrected chi connectivity index (χ0v) is 31.8. The Morgan fingerprint density at radius 3 is 1.04 bits per heavy atom. The van der Waals surface area contributed by atoms with Crippen molar-refractivity contribution in [1.82, 2.24) is 0 Å². The zero-order chi connectivity index (χ0) is 34.9. The molecule has 0 rings (SSSR count). The quantitative estimate of drug-likeness (QED) is 0.0422. The maximum atomic E-state index is 11.3. The van der Waals surface area contributed by atoms with Crippen LogP contribution in [-0.4, -0.2) is 58.4 Å². The summed E-state index contributed by atoms with van der Waals surface area (Å²) < 4.78 is 5.10.